The van der Waals surface area contributed by atoms with E-state index in [-0.39, 0.29) is 12.0 Å². The summed E-state index contributed by atoms with van der Waals surface area (Å²) in [6, 6.07) is 16.4. The van der Waals surface area contributed by atoms with Gasteiger partial charge in [-0.25, -0.2) is 0 Å². The predicted octanol–water partition coefficient (Wildman–Crippen LogP) is 3.73. The molecule has 2 aromatic carbocycles. The lowest BCUT2D eigenvalue weighted by molar-refractivity contribution is -0.130. The van der Waals surface area contributed by atoms with E-state index in [1.807, 2.05) is 30.3 Å². The van der Waals surface area contributed by atoms with E-state index in [1.54, 1.807) is 0 Å². The number of nitrogens with zero attached hydrogens (tertiary/aromatic N) is 2. The molecule has 1 atom stereocenters. The van der Waals surface area contributed by atoms with Gasteiger partial charge in [-0.2, -0.15) is 0 Å². The maximum absolute atomic E-state index is 11.9. The highest BCUT2D eigenvalue weighted by Crippen LogP contribution is 2.26. The standard InChI is InChI=1S/C25H32ClN3O3/c26-22-5-1-2-6-23(22)29-15-13-28(14-16-29)19-20-8-10-21(11-9-20)31-18-4-12-27-25(30)24-7-3-17-32-24/h1-2,5-6,8-11,24H,3-4,7,12-19H2,(H,27,30)/t24-/m0/s1. The number of nitrogens with one attached hydrogen (secondary N) is 1. The summed E-state index contributed by atoms with van der Waals surface area (Å²) in [5, 5.41) is 3.74. The van der Waals surface area contributed by atoms with Crippen molar-refractivity contribution in [3.8, 4) is 5.75 Å². The van der Waals surface area contributed by atoms with Crippen molar-refractivity contribution < 1.29 is 14.3 Å². The second-order valence-electron chi connectivity index (χ2n) is 8.35. The first-order valence-corrected chi connectivity index (χ1v) is 11.9. The minimum absolute atomic E-state index is 0.000414. The molecule has 2 fully saturated rings. The van der Waals surface area contributed by atoms with Crippen molar-refractivity contribution in [2.45, 2.75) is 31.9 Å². The fourth-order valence-electron chi connectivity index (χ4n) is 4.18. The third-order valence-corrected chi connectivity index (χ3v) is 6.33. The number of benzene rings is 2. The molecule has 0 bridgehead atoms. The highest BCUT2D eigenvalue weighted by Gasteiger charge is 2.22. The van der Waals surface area contributed by atoms with Crippen LogP contribution in [0.15, 0.2) is 48.5 Å². The minimum Gasteiger partial charge on any atom is -0.494 e. The van der Waals surface area contributed by atoms with Crippen LogP contribution in [0.25, 0.3) is 0 Å². The van der Waals surface area contributed by atoms with Gasteiger partial charge in [-0.3, -0.25) is 9.69 Å². The number of amides is 1. The lowest BCUT2D eigenvalue weighted by Gasteiger charge is -2.36. The Bertz CT molecular complexity index is 863. The van der Waals surface area contributed by atoms with Gasteiger partial charge in [-0.1, -0.05) is 35.9 Å². The zero-order valence-electron chi connectivity index (χ0n) is 18.5. The second kappa shape index (κ2) is 11.5. The molecule has 2 aliphatic rings. The number of hydrogen-bond donors (Lipinski definition) is 1. The first-order chi connectivity index (χ1) is 15.7. The van der Waals surface area contributed by atoms with Gasteiger partial charge >= 0.3 is 0 Å². The Morgan fingerprint density at radius 1 is 1.09 bits per heavy atom. The average molecular weight is 458 g/mol. The van der Waals surface area contributed by atoms with E-state index in [1.165, 1.54) is 5.56 Å². The molecule has 0 radical (unpaired) electrons. The Hall–Kier alpha value is -2.28. The van der Waals surface area contributed by atoms with Crippen molar-refractivity contribution in [1.82, 2.24) is 10.2 Å². The number of halogens is 1. The number of hydrogen-bond acceptors (Lipinski definition) is 5. The molecule has 0 spiro atoms. The molecule has 1 amide bonds. The summed E-state index contributed by atoms with van der Waals surface area (Å²) in [4.78, 5) is 16.7. The normalized spacial score (nSPS) is 19.2. The first-order valence-electron chi connectivity index (χ1n) is 11.5. The van der Waals surface area contributed by atoms with Gasteiger partial charge < -0.3 is 19.7 Å². The molecule has 1 N–H and O–H groups in total. The molecule has 2 aromatic rings. The number of carbonyl (C=O) groups excluding carboxylic acids is 1. The number of piperazine rings is 1. The zero-order chi connectivity index (χ0) is 22.2. The Morgan fingerprint density at radius 3 is 2.59 bits per heavy atom. The van der Waals surface area contributed by atoms with Crippen LogP contribution in [0.4, 0.5) is 5.69 Å². The van der Waals surface area contributed by atoms with Gasteiger partial charge in [0.1, 0.15) is 11.9 Å². The molecule has 4 rings (SSSR count). The topological polar surface area (TPSA) is 54.0 Å². The van der Waals surface area contributed by atoms with Crippen LogP contribution >= 0.6 is 11.6 Å². The Kier molecular flexibility index (Phi) is 8.26. The van der Waals surface area contributed by atoms with E-state index < -0.39 is 0 Å². The minimum atomic E-state index is -0.262. The number of para-hydroxylation sites is 1. The fraction of sp³-hybridized carbons (Fsp3) is 0.480. The third kappa shape index (κ3) is 6.37. The summed E-state index contributed by atoms with van der Waals surface area (Å²) >= 11 is 6.34. The fourth-order valence-corrected chi connectivity index (χ4v) is 4.43. The van der Waals surface area contributed by atoms with E-state index in [4.69, 9.17) is 21.1 Å². The van der Waals surface area contributed by atoms with E-state index in [0.717, 1.165) is 68.4 Å². The van der Waals surface area contributed by atoms with Crippen LogP contribution in [0, 0.1) is 0 Å². The van der Waals surface area contributed by atoms with Gasteiger partial charge in [-0.15, -0.1) is 0 Å². The number of rotatable bonds is 9. The molecule has 7 heteroatoms. The van der Waals surface area contributed by atoms with Crippen LogP contribution in [0.2, 0.25) is 5.02 Å². The summed E-state index contributed by atoms with van der Waals surface area (Å²) in [6.07, 6.45) is 2.31. The SMILES string of the molecule is O=C(NCCCOc1ccc(CN2CCN(c3ccccc3Cl)CC2)cc1)[C@@H]1CCCO1. The van der Waals surface area contributed by atoms with Gasteiger partial charge in [0.25, 0.3) is 0 Å². The van der Waals surface area contributed by atoms with Gasteiger partial charge in [0, 0.05) is 45.9 Å². The van der Waals surface area contributed by atoms with E-state index >= 15 is 0 Å². The monoisotopic (exact) mass is 457 g/mol. The van der Waals surface area contributed by atoms with Gasteiger partial charge in [-0.05, 0) is 49.1 Å². The largest absolute Gasteiger partial charge is 0.494 e. The highest BCUT2D eigenvalue weighted by molar-refractivity contribution is 6.33. The lowest BCUT2D eigenvalue weighted by atomic mass is 10.2. The molecular weight excluding hydrogens is 426 g/mol. The Morgan fingerprint density at radius 2 is 1.88 bits per heavy atom. The van der Waals surface area contributed by atoms with Crippen molar-refractivity contribution >= 4 is 23.2 Å². The third-order valence-electron chi connectivity index (χ3n) is 6.01. The summed E-state index contributed by atoms with van der Waals surface area (Å²) < 4.78 is 11.2. The average Bonchev–Trinajstić information content (AvgIpc) is 3.36. The maximum atomic E-state index is 11.9. The molecule has 0 aromatic heterocycles. The molecule has 2 heterocycles. The molecule has 0 saturated carbocycles. The van der Waals surface area contributed by atoms with E-state index in [9.17, 15) is 4.79 Å². The molecule has 2 saturated heterocycles. The quantitative estimate of drug-likeness (QED) is 0.581. The molecule has 0 unspecified atom stereocenters. The van der Waals surface area contributed by atoms with Crippen LogP contribution in [0.5, 0.6) is 5.75 Å². The molecule has 0 aliphatic carbocycles. The summed E-state index contributed by atoms with van der Waals surface area (Å²) in [6.45, 7) is 6.80. The maximum Gasteiger partial charge on any atom is 0.249 e. The first kappa shape index (κ1) is 22.9. The van der Waals surface area contributed by atoms with Crippen LogP contribution in [-0.4, -0.2) is 62.8 Å². The van der Waals surface area contributed by atoms with Crippen molar-refractivity contribution in [2.24, 2.45) is 0 Å². The molecule has 172 valence electrons. The van der Waals surface area contributed by atoms with Crippen molar-refractivity contribution in [1.29, 1.82) is 0 Å². The molecule has 2 aliphatic heterocycles. The van der Waals surface area contributed by atoms with E-state index in [0.29, 0.717) is 19.8 Å². The van der Waals surface area contributed by atoms with E-state index in [2.05, 4.69) is 33.3 Å². The number of anilines is 1. The lowest BCUT2D eigenvalue weighted by Crippen LogP contribution is -2.46. The molecule has 6 nitrogen and oxygen atoms in total. The summed E-state index contributed by atoms with van der Waals surface area (Å²) in [7, 11) is 0. The van der Waals surface area contributed by atoms with Crippen LogP contribution < -0.4 is 15.0 Å². The summed E-state index contributed by atoms with van der Waals surface area (Å²) in [5.41, 5.74) is 2.41. The highest BCUT2D eigenvalue weighted by atomic mass is 35.5. The summed E-state index contributed by atoms with van der Waals surface area (Å²) in [5.74, 6) is 0.863. The Labute approximate surface area is 195 Å². The van der Waals surface area contributed by atoms with Crippen molar-refractivity contribution in [2.75, 3.05) is 50.8 Å². The predicted molar refractivity (Wildman–Crippen MR) is 127 cm³/mol. The zero-order valence-corrected chi connectivity index (χ0v) is 19.2. The molecular formula is C25H32ClN3O3. The Balaban J connectivity index is 1.13. The van der Waals surface area contributed by atoms with Gasteiger partial charge in [0.2, 0.25) is 5.91 Å². The molecule has 32 heavy (non-hydrogen) atoms. The number of carbonyl (C=O) groups is 1. The van der Waals surface area contributed by atoms with Crippen molar-refractivity contribution in [3.63, 3.8) is 0 Å². The van der Waals surface area contributed by atoms with Crippen LogP contribution in [0.1, 0.15) is 24.8 Å². The smallest absolute Gasteiger partial charge is 0.249 e. The van der Waals surface area contributed by atoms with Gasteiger partial charge in [0.15, 0.2) is 0 Å². The van der Waals surface area contributed by atoms with Crippen molar-refractivity contribution in [3.05, 3.63) is 59.1 Å². The van der Waals surface area contributed by atoms with Gasteiger partial charge in [0.05, 0.1) is 17.3 Å². The number of ether oxygens (including phenoxy) is 2. The van der Waals surface area contributed by atoms with Crippen LogP contribution in [0.3, 0.4) is 0 Å². The van der Waals surface area contributed by atoms with Crippen LogP contribution in [-0.2, 0) is 16.1 Å². The second-order valence-corrected chi connectivity index (χ2v) is 8.76.